The van der Waals surface area contributed by atoms with Gasteiger partial charge in [0.2, 0.25) is 0 Å². The molecule has 1 atom stereocenters. The highest BCUT2D eigenvalue weighted by molar-refractivity contribution is 5.90. The lowest BCUT2D eigenvalue weighted by Gasteiger charge is -2.25. The van der Waals surface area contributed by atoms with E-state index in [0.29, 0.717) is 13.0 Å². The molecule has 0 aromatic heterocycles. The molecule has 2 aromatic rings. The number of nitrogens with one attached hydrogen (secondary N) is 1. The van der Waals surface area contributed by atoms with E-state index >= 15 is 0 Å². The quantitative estimate of drug-likeness (QED) is 0.661. The number of methoxy groups -OCH3 is 1. The molecule has 0 bridgehead atoms. The molecule has 3 rings (SSSR count). The fourth-order valence-corrected chi connectivity index (χ4v) is 3.47. The molecule has 0 aliphatic carbocycles. The van der Waals surface area contributed by atoms with Gasteiger partial charge in [-0.2, -0.15) is 13.2 Å². The van der Waals surface area contributed by atoms with Crippen LogP contribution in [0.5, 0.6) is 11.5 Å². The Labute approximate surface area is 171 Å². The molecular weight excluding hydrogens is 404 g/mol. The van der Waals surface area contributed by atoms with Crippen LogP contribution >= 0.6 is 0 Å². The summed E-state index contributed by atoms with van der Waals surface area (Å²) < 4.78 is 60.7. The van der Waals surface area contributed by atoms with Gasteiger partial charge in [0.1, 0.15) is 5.82 Å². The second-order valence-corrected chi connectivity index (χ2v) is 7.02. The molecule has 0 saturated carbocycles. The van der Waals surface area contributed by atoms with Crippen molar-refractivity contribution in [3.63, 3.8) is 0 Å². The molecule has 5 nitrogen and oxygen atoms in total. The maximum Gasteiger partial charge on any atom is 0.422 e. The van der Waals surface area contributed by atoms with E-state index in [1.807, 2.05) is 6.07 Å². The number of nitrogens with zero attached hydrogens (tertiary/aromatic N) is 1. The van der Waals surface area contributed by atoms with Gasteiger partial charge < -0.3 is 19.7 Å². The van der Waals surface area contributed by atoms with E-state index in [9.17, 15) is 22.4 Å². The van der Waals surface area contributed by atoms with Crippen LogP contribution in [0, 0.1) is 5.82 Å². The summed E-state index contributed by atoms with van der Waals surface area (Å²) in [5.74, 6) is -0.320. The second-order valence-electron chi connectivity index (χ2n) is 7.02. The molecule has 1 N–H and O–H groups in total. The van der Waals surface area contributed by atoms with Crippen LogP contribution in [0.15, 0.2) is 42.5 Å². The minimum absolute atomic E-state index is 0.0917. The first-order chi connectivity index (χ1) is 14.2. The third-order valence-electron chi connectivity index (χ3n) is 4.80. The Balaban J connectivity index is 1.68. The topological polar surface area (TPSA) is 50.8 Å². The smallest absolute Gasteiger partial charge is 0.422 e. The highest BCUT2D eigenvalue weighted by Crippen LogP contribution is 2.32. The Bertz CT molecular complexity index is 889. The minimum Gasteiger partial charge on any atom is -0.493 e. The number of hydrogen-bond acceptors (Lipinski definition) is 3. The molecule has 162 valence electrons. The lowest BCUT2D eigenvalue weighted by atomic mass is 10.0. The minimum atomic E-state index is -4.50. The van der Waals surface area contributed by atoms with Crippen LogP contribution in [0.25, 0.3) is 0 Å². The molecule has 0 spiro atoms. The number of anilines is 1. The number of carbonyl (C=O) groups is 1. The maximum absolute atomic E-state index is 13.4. The standard InChI is InChI=1S/C21H22F4N2O3/c1-29-18-8-7-16(12-19(18)30-13-21(23,24)25)26-20(28)27-9-3-6-17(27)11-14-4-2-5-15(22)10-14/h2,4-5,7-8,10,12,17H,3,6,9,11,13H2,1H3,(H,26,28). The molecule has 1 heterocycles. The van der Waals surface area contributed by atoms with E-state index in [4.69, 9.17) is 9.47 Å². The summed E-state index contributed by atoms with van der Waals surface area (Å²) in [7, 11) is 1.31. The molecule has 1 aliphatic heterocycles. The van der Waals surface area contributed by atoms with Crippen molar-refractivity contribution >= 4 is 11.7 Å². The predicted molar refractivity (Wildman–Crippen MR) is 103 cm³/mol. The van der Waals surface area contributed by atoms with Gasteiger partial charge >= 0.3 is 12.2 Å². The number of hydrogen-bond donors (Lipinski definition) is 1. The lowest BCUT2D eigenvalue weighted by Crippen LogP contribution is -2.39. The molecule has 1 aliphatic rings. The Morgan fingerprint density at radius 1 is 1.20 bits per heavy atom. The number of amides is 2. The van der Waals surface area contributed by atoms with E-state index in [1.54, 1.807) is 11.0 Å². The molecule has 2 amide bonds. The van der Waals surface area contributed by atoms with Crippen molar-refractivity contribution in [3.05, 3.63) is 53.8 Å². The molecule has 0 radical (unpaired) electrons. The summed E-state index contributed by atoms with van der Waals surface area (Å²) in [5.41, 5.74) is 1.08. The number of alkyl halides is 3. The highest BCUT2D eigenvalue weighted by Gasteiger charge is 2.30. The van der Waals surface area contributed by atoms with Gasteiger partial charge in [-0.1, -0.05) is 12.1 Å². The van der Waals surface area contributed by atoms with Crippen LogP contribution in [0.1, 0.15) is 18.4 Å². The van der Waals surface area contributed by atoms with Gasteiger partial charge in [0.05, 0.1) is 7.11 Å². The molecule has 30 heavy (non-hydrogen) atoms. The largest absolute Gasteiger partial charge is 0.493 e. The fraction of sp³-hybridized carbons (Fsp3) is 0.381. The zero-order valence-electron chi connectivity index (χ0n) is 16.3. The van der Waals surface area contributed by atoms with Crippen LogP contribution in [0.2, 0.25) is 0 Å². The van der Waals surface area contributed by atoms with Gasteiger partial charge in [-0.3, -0.25) is 0 Å². The van der Waals surface area contributed by atoms with Crippen molar-refractivity contribution in [1.29, 1.82) is 0 Å². The summed E-state index contributed by atoms with van der Waals surface area (Å²) >= 11 is 0. The Morgan fingerprint density at radius 2 is 2.00 bits per heavy atom. The summed E-state index contributed by atoms with van der Waals surface area (Å²) in [6, 6.07) is 10.0. The molecule has 9 heteroatoms. The zero-order chi connectivity index (χ0) is 21.7. The first-order valence-corrected chi connectivity index (χ1v) is 9.45. The lowest BCUT2D eigenvalue weighted by molar-refractivity contribution is -0.153. The van der Waals surface area contributed by atoms with Crippen molar-refractivity contribution in [2.75, 3.05) is 25.6 Å². The van der Waals surface area contributed by atoms with E-state index in [1.165, 1.54) is 37.4 Å². The summed E-state index contributed by atoms with van der Waals surface area (Å²) in [6.07, 6.45) is -2.37. The maximum atomic E-state index is 13.4. The Kier molecular flexibility index (Phi) is 6.69. The number of rotatable bonds is 6. The fourth-order valence-electron chi connectivity index (χ4n) is 3.47. The Morgan fingerprint density at radius 3 is 2.70 bits per heavy atom. The monoisotopic (exact) mass is 426 g/mol. The number of ether oxygens (including phenoxy) is 2. The molecule has 2 aromatic carbocycles. The van der Waals surface area contributed by atoms with Crippen LogP contribution in [0.3, 0.4) is 0 Å². The number of urea groups is 1. The van der Waals surface area contributed by atoms with E-state index < -0.39 is 12.8 Å². The number of halogens is 4. The molecule has 1 unspecified atom stereocenters. The SMILES string of the molecule is COc1ccc(NC(=O)N2CCCC2Cc2cccc(F)c2)cc1OCC(F)(F)F. The number of carbonyl (C=O) groups excluding carboxylic acids is 1. The van der Waals surface area contributed by atoms with E-state index in [2.05, 4.69) is 5.32 Å². The van der Waals surface area contributed by atoms with Crippen LogP contribution in [0.4, 0.5) is 28.0 Å². The van der Waals surface area contributed by atoms with Crippen molar-refractivity contribution in [2.24, 2.45) is 0 Å². The van der Waals surface area contributed by atoms with Gasteiger partial charge in [-0.05, 0) is 49.1 Å². The van der Waals surface area contributed by atoms with Crippen LogP contribution < -0.4 is 14.8 Å². The Hall–Kier alpha value is -2.97. The highest BCUT2D eigenvalue weighted by atomic mass is 19.4. The van der Waals surface area contributed by atoms with Crippen LogP contribution in [-0.2, 0) is 6.42 Å². The van der Waals surface area contributed by atoms with E-state index in [0.717, 1.165) is 18.4 Å². The van der Waals surface area contributed by atoms with Gasteiger partial charge in [-0.15, -0.1) is 0 Å². The normalized spacial score (nSPS) is 16.4. The summed E-state index contributed by atoms with van der Waals surface area (Å²) in [5, 5.41) is 2.70. The zero-order valence-corrected chi connectivity index (χ0v) is 16.3. The molecular formula is C21H22F4N2O3. The first kappa shape index (κ1) is 21.7. The van der Waals surface area contributed by atoms with Crippen molar-refractivity contribution in [2.45, 2.75) is 31.5 Å². The number of benzene rings is 2. The third kappa shape index (κ3) is 5.77. The van der Waals surface area contributed by atoms with Gasteiger partial charge in [0.25, 0.3) is 0 Å². The van der Waals surface area contributed by atoms with Gasteiger partial charge in [-0.25, -0.2) is 9.18 Å². The van der Waals surface area contributed by atoms with Crippen molar-refractivity contribution in [3.8, 4) is 11.5 Å². The van der Waals surface area contributed by atoms with E-state index in [-0.39, 0.29) is 35.1 Å². The van der Waals surface area contributed by atoms with Gasteiger partial charge in [0, 0.05) is 24.3 Å². The third-order valence-corrected chi connectivity index (χ3v) is 4.80. The second kappa shape index (κ2) is 9.23. The van der Waals surface area contributed by atoms with Crippen LogP contribution in [-0.4, -0.2) is 43.4 Å². The first-order valence-electron chi connectivity index (χ1n) is 9.45. The molecule has 1 saturated heterocycles. The number of likely N-dealkylation sites (tertiary alicyclic amines) is 1. The average Bonchev–Trinajstić information content (AvgIpc) is 3.14. The van der Waals surface area contributed by atoms with Crippen molar-refractivity contribution < 1.29 is 31.8 Å². The van der Waals surface area contributed by atoms with Crippen molar-refractivity contribution in [1.82, 2.24) is 4.90 Å². The average molecular weight is 426 g/mol. The predicted octanol–water partition coefficient (Wildman–Crippen LogP) is 5.01. The summed E-state index contributed by atoms with van der Waals surface area (Å²) in [6.45, 7) is -0.929. The summed E-state index contributed by atoms with van der Waals surface area (Å²) in [4.78, 5) is 14.4. The molecule has 1 fully saturated rings. The van der Waals surface area contributed by atoms with Gasteiger partial charge in [0.15, 0.2) is 18.1 Å².